The van der Waals surface area contributed by atoms with E-state index in [1.807, 2.05) is 45.0 Å². The maximum atomic E-state index is 13.8. The fourth-order valence-electron chi connectivity index (χ4n) is 4.75. The summed E-state index contributed by atoms with van der Waals surface area (Å²) in [4.78, 5) is 28.7. The predicted molar refractivity (Wildman–Crippen MR) is 146 cm³/mol. The number of ether oxygens (including phenoxy) is 1. The second-order valence-electron chi connectivity index (χ2n) is 9.56. The number of hydrogen-bond acceptors (Lipinski definition) is 5. The van der Waals surface area contributed by atoms with Crippen molar-refractivity contribution in [2.45, 2.75) is 71.5 Å². The highest BCUT2D eigenvalue weighted by Crippen LogP contribution is 2.24. The highest BCUT2D eigenvalue weighted by atomic mass is 32.2. The minimum Gasteiger partial charge on any atom is -0.494 e. The quantitative estimate of drug-likeness (QED) is 0.448. The average Bonchev–Trinajstić information content (AvgIpc) is 3.36. The summed E-state index contributed by atoms with van der Waals surface area (Å²) in [5, 5.41) is 3.12. The summed E-state index contributed by atoms with van der Waals surface area (Å²) in [6.45, 7) is 5.99. The third-order valence-corrected chi connectivity index (χ3v) is 7.94. The molecule has 202 valence electrons. The first kappa shape index (κ1) is 28.5. The van der Waals surface area contributed by atoms with Crippen molar-refractivity contribution < 1.29 is 22.7 Å². The van der Waals surface area contributed by atoms with E-state index in [0.717, 1.165) is 47.4 Å². The standard InChI is InChI=1S/C28H39N3O5S/c1-5-26(28(33)29-23-13-9-10-14-23)30(19-22-12-8-7-11-21(22)3)27(32)20-31(37(4,34)35)24-15-17-25(18-16-24)36-6-2/h7-8,11-12,15-18,23,26H,5-6,9-10,13-14,19-20H2,1-4H3,(H,29,33)/t26-/m1/s1. The van der Waals surface area contributed by atoms with Crippen molar-refractivity contribution in [3.8, 4) is 5.75 Å². The number of amides is 2. The zero-order valence-corrected chi connectivity index (χ0v) is 23.1. The first-order chi connectivity index (χ1) is 17.6. The lowest BCUT2D eigenvalue weighted by Gasteiger charge is -2.33. The maximum Gasteiger partial charge on any atom is 0.244 e. The van der Waals surface area contributed by atoms with Crippen LogP contribution in [0.3, 0.4) is 0 Å². The van der Waals surface area contributed by atoms with Gasteiger partial charge in [-0.15, -0.1) is 0 Å². The highest BCUT2D eigenvalue weighted by molar-refractivity contribution is 7.92. The molecular formula is C28H39N3O5S. The summed E-state index contributed by atoms with van der Waals surface area (Å²) in [5.41, 5.74) is 2.27. The largest absolute Gasteiger partial charge is 0.494 e. The first-order valence-corrected chi connectivity index (χ1v) is 14.8. The second kappa shape index (κ2) is 12.9. The van der Waals surface area contributed by atoms with Crippen LogP contribution in [0, 0.1) is 6.92 Å². The Balaban J connectivity index is 1.91. The van der Waals surface area contributed by atoms with Crippen LogP contribution in [-0.4, -0.2) is 56.6 Å². The normalized spacial score (nSPS) is 14.7. The van der Waals surface area contributed by atoms with Gasteiger partial charge >= 0.3 is 0 Å². The van der Waals surface area contributed by atoms with Crippen molar-refractivity contribution in [1.29, 1.82) is 0 Å². The van der Waals surface area contributed by atoms with Crippen LogP contribution in [0.5, 0.6) is 5.75 Å². The van der Waals surface area contributed by atoms with Crippen LogP contribution in [0.1, 0.15) is 57.1 Å². The van der Waals surface area contributed by atoms with Crippen molar-refractivity contribution in [3.05, 3.63) is 59.7 Å². The van der Waals surface area contributed by atoms with E-state index >= 15 is 0 Å². The molecule has 0 aliphatic heterocycles. The molecule has 0 unspecified atom stereocenters. The number of carbonyl (C=O) groups is 2. The van der Waals surface area contributed by atoms with Gasteiger partial charge in [0.25, 0.3) is 0 Å². The molecule has 1 aliphatic rings. The van der Waals surface area contributed by atoms with E-state index in [1.54, 1.807) is 24.3 Å². The molecule has 2 aromatic carbocycles. The van der Waals surface area contributed by atoms with Crippen LogP contribution in [0.25, 0.3) is 0 Å². The summed E-state index contributed by atoms with van der Waals surface area (Å²) in [6.07, 6.45) is 5.53. The van der Waals surface area contributed by atoms with Crippen LogP contribution < -0.4 is 14.4 Å². The summed E-state index contributed by atoms with van der Waals surface area (Å²) in [5.74, 6) is -0.0128. The van der Waals surface area contributed by atoms with Gasteiger partial charge in [0.05, 0.1) is 18.6 Å². The smallest absolute Gasteiger partial charge is 0.244 e. The van der Waals surface area contributed by atoms with Gasteiger partial charge in [0.2, 0.25) is 21.8 Å². The molecule has 1 aliphatic carbocycles. The van der Waals surface area contributed by atoms with E-state index in [2.05, 4.69) is 5.32 Å². The Morgan fingerprint density at radius 1 is 1.05 bits per heavy atom. The number of hydrogen-bond donors (Lipinski definition) is 1. The summed E-state index contributed by atoms with van der Waals surface area (Å²) < 4.78 is 32.1. The minimum atomic E-state index is -3.78. The zero-order valence-electron chi connectivity index (χ0n) is 22.3. The third-order valence-electron chi connectivity index (χ3n) is 6.80. The lowest BCUT2D eigenvalue weighted by molar-refractivity contribution is -0.140. The lowest BCUT2D eigenvalue weighted by atomic mass is 10.1. The highest BCUT2D eigenvalue weighted by Gasteiger charge is 2.33. The molecule has 0 aromatic heterocycles. The Labute approximate surface area is 221 Å². The number of nitrogens with one attached hydrogen (secondary N) is 1. The van der Waals surface area contributed by atoms with Gasteiger partial charge in [-0.2, -0.15) is 0 Å². The Kier molecular flexibility index (Phi) is 9.97. The summed E-state index contributed by atoms with van der Waals surface area (Å²) in [7, 11) is -3.78. The third kappa shape index (κ3) is 7.71. The number of anilines is 1. The molecule has 1 saturated carbocycles. The number of nitrogens with zero attached hydrogens (tertiary/aromatic N) is 2. The topological polar surface area (TPSA) is 96.0 Å². The van der Waals surface area contributed by atoms with E-state index in [1.165, 1.54) is 4.90 Å². The molecule has 1 N–H and O–H groups in total. The van der Waals surface area contributed by atoms with Gasteiger partial charge in [0.15, 0.2) is 0 Å². The molecule has 2 amide bonds. The molecular weight excluding hydrogens is 490 g/mol. The van der Waals surface area contributed by atoms with E-state index in [-0.39, 0.29) is 18.5 Å². The van der Waals surface area contributed by atoms with Crippen molar-refractivity contribution in [1.82, 2.24) is 10.2 Å². The Bertz CT molecular complexity index is 1160. The molecule has 9 heteroatoms. The molecule has 1 fully saturated rings. The Hall–Kier alpha value is -3.07. The van der Waals surface area contributed by atoms with Gasteiger partial charge in [-0.25, -0.2) is 8.42 Å². The summed E-state index contributed by atoms with van der Waals surface area (Å²) in [6, 6.07) is 13.7. The van der Waals surface area contributed by atoms with Crippen molar-refractivity contribution in [2.24, 2.45) is 0 Å². The van der Waals surface area contributed by atoms with Gasteiger partial charge in [0, 0.05) is 12.6 Å². The molecule has 3 rings (SSSR count). The lowest BCUT2D eigenvalue weighted by Crippen LogP contribution is -2.53. The molecule has 0 radical (unpaired) electrons. The predicted octanol–water partition coefficient (Wildman–Crippen LogP) is 4.03. The zero-order chi connectivity index (χ0) is 27.0. The molecule has 8 nitrogen and oxygen atoms in total. The van der Waals surface area contributed by atoms with E-state index in [4.69, 9.17) is 4.74 Å². The van der Waals surface area contributed by atoms with Gasteiger partial charge in [-0.3, -0.25) is 13.9 Å². The Morgan fingerprint density at radius 3 is 2.27 bits per heavy atom. The molecule has 37 heavy (non-hydrogen) atoms. The molecule has 0 saturated heterocycles. The van der Waals surface area contributed by atoms with Crippen LogP contribution >= 0.6 is 0 Å². The van der Waals surface area contributed by atoms with E-state index in [0.29, 0.717) is 24.5 Å². The van der Waals surface area contributed by atoms with E-state index in [9.17, 15) is 18.0 Å². The van der Waals surface area contributed by atoms with Gasteiger partial charge < -0.3 is 15.0 Å². The van der Waals surface area contributed by atoms with Gasteiger partial charge in [-0.1, -0.05) is 44.0 Å². The Morgan fingerprint density at radius 2 is 1.70 bits per heavy atom. The van der Waals surface area contributed by atoms with Crippen molar-refractivity contribution in [3.63, 3.8) is 0 Å². The summed E-state index contributed by atoms with van der Waals surface area (Å²) >= 11 is 0. The molecule has 1 atom stereocenters. The van der Waals surface area contributed by atoms with Gasteiger partial charge in [0.1, 0.15) is 18.3 Å². The number of sulfonamides is 1. The number of aryl methyl sites for hydroxylation is 1. The van der Waals surface area contributed by atoms with E-state index < -0.39 is 28.5 Å². The van der Waals surface area contributed by atoms with Crippen LogP contribution in [0.15, 0.2) is 48.5 Å². The molecule has 0 bridgehead atoms. The molecule has 2 aromatic rings. The fourth-order valence-corrected chi connectivity index (χ4v) is 5.60. The fraction of sp³-hybridized carbons (Fsp3) is 0.500. The SMILES string of the molecule is CCOc1ccc(N(CC(=O)N(Cc2ccccc2C)[C@H](CC)C(=O)NC2CCCC2)S(C)(=O)=O)cc1. The monoisotopic (exact) mass is 529 g/mol. The van der Waals surface area contributed by atoms with Crippen LogP contribution in [-0.2, 0) is 26.2 Å². The average molecular weight is 530 g/mol. The van der Waals surface area contributed by atoms with Crippen molar-refractivity contribution >= 4 is 27.5 Å². The first-order valence-electron chi connectivity index (χ1n) is 13.0. The number of benzene rings is 2. The van der Waals surface area contributed by atoms with Crippen LogP contribution in [0.2, 0.25) is 0 Å². The molecule has 0 heterocycles. The number of rotatable bonds is 12. The van der Waals surface area contributed by atoms with Gasteiger partial charge in [-0.05, 0) is 68.5 Å². The van der Waals surface area contributed by atoms with Crippen LogP contribution in [0.4, 0.5) is 5.69 Å². The maximum absolute atomic E-state index is 13.8. The second-order valence-corrected chi connectivity index (χ2v) is 11.5. The molecule has 0 spiro atoms. The number of carbonyl (C=O) groups excluding carboxylic acids is 2. The van der Waals surface area contributed by atoms with Crippen molar-refractivity contribution in [2.75, 3.05) is 23.7 Å². The minimum absolute atomic E-state index is 0.119.